The van der Waals surface area contributed by atoms with Crippen LogP contribution in [0.2, 0.25) is 0 Å². The van der Waals surface area contributed by atoms with E-state index in [1.807, 2.05) is 24.3 Å². The summed E-state index contributed by atoms with van der Waals surface area (Å²) in [6.45, 7) is 0.361. The molecule has 0 saturated heterocycles. The molecular formula is C25H26N2O5. The third-order valence-corrected chi connectivity index (χ3v) is 6.14. The van der Waals surface area contributed by atoms with Gasteiger partial charge >= 0.3 is 12.1 Å². The Morgan fingerprint density at radius 2 is 1.66 bits per heavy atom. The van der Waals surface area contributed by atoms with Crippen molar-refractivity contribution in [3.05, 3.63) is 71.8 Å². The molecule has 0 bridgehead atoms. The Labute approximate surface area is 186 Å². The maximum atomic E-state index is 12.1. The molecule has 2 aliphatic rings. The summed E-state index contributed by atoms with van der Waals surface area (Å²) in [6.07, 6.45) is 4.29. The van der Waals surface area contributed by atoms with E-state index in [1.165, 1.54) is 23.3 Å². The number of ether oxygens (including phenoxy) is 1. The third kappa shape index (κ3) is 4.66. The van der Waals surface area contributed by atoms with Crippen molar-refractivity contribution >= 4 is 18.0 Å². The lowest BCUT2D eigenvalue weighted by atomic mass is 9.98. The first-order valence-electron chi connectivity index (χ1n) is 10.8. The van der Waals surface area contributed by atoms with Crippen molar-refractivity contribution in [2.24, 2.45) is 5.92 Å². The van der Waals surface area contributed by atoms with Crippen LogP contribution in [-0.2, 0) is 14.3 Å². The van der Waals surface area contributed by atoms with E-state index in [9.17, 15) is 19.5 Å². The Morgan fingerprint density at radius 1 is 1.00 bits per heavy atom. The number of nitrogens with one attached hydrogen (secondary N) is 2. The van der Waals surface area contributed by atoms with Gasteiger partial charge in [0, 0.05) is 24.6 Å². The van der Waals surface area contributed by atoms with Crippen LogP contribution in [0.1, 0.15) is 36.3 Å². The fourth-order valence-electron chi connectivity index (χ4n) is 4.62. The molecule has 3 N–H and O–H groups in total. The van der Waals surface area contributed by atoms with Crippen molar-refractivity contribution in [2.45, 2.75) is 31.2 Å². The molecule has 0 aromatic heterocycles. The van der Waals surface area contributed by atoms with E-state index in [2.05, 4.69) is 34.9 Å². The van der Waals surface area contributed by atoms with Gasteiger partial charge in [0.05, 0.1) is 5.92 Å². The molecule has 2 aromatic carbocycles. The summed E-state index contributed by atoms with van der Waals surface area (Å²) in [5.74, 6) is -1.79. The van der Waals surface area contributed by atoms with Gasteiger partial charge in [-0.1, -0.05) is 61.0 Å². The van der Waals surface area contributed by atoms with E-state index < -0.39 is 18.0 Å². The van der Waals surface area contributed by atoms with Crippen molar-refractivity contribution in [1.29, 1.82) is 0 Å². The molecule has 4 rings (SSSR count). The van der Waals surface area contributed by atoms with E-state index in [4.69, 9.17) is 4.74 Å². The van der Waals surface area contributed by atoms with E-state index in [1.54, 1.807) is 0 Å². The van der Waals surface area contributed by atoms with Crippen molar-refractivity contribution in [1.82, 2.24) is 10.6 Å². The van der Waals surface area contributed by atoms with Crippen LogP contribution in [0.5, 0.6) is 0 Å². The summed E-state index contributed by atoms with van der Waals surface area (Å²) in [6, 6.07) is 15.9. The van der Waals surface area contributed by atoms with Gasteiger partial charge in [0.1, 0.15) is 6.61 Å². The van der Waals surface area contributed by atoms with Gasteiger partial charge in [-0.2, -0.15) is 0 Å². The molecule has 166 valence electrons. The summed E-state index contributed by atoms with van der Waals surface area (Å²) < 4.78 is 5.44. The summed E-state index contributed by atoms with van der Waals surface area (Å²) >= 11 is 0. The molecule has 1 saturated carbocycles. The van der Waals surface area contributed by atoms with Gasteiger partial charge in [0.25, 0.3) is 0 Å². The normalized spacial score (nSPS) is 19.4. The van der Waals surface area contributed by atoms with E-state index in [0.29, 0.717) is 12.8 Å². The quantitative estimate of drug-likeness (QED) is 0.579. The summed E-state index contributed by atoms with van der Waals surface area (Å²) in [4.78, 5) is 35.3. The largest absolute Gasteiger partial charge is 0.481 e. The number of carbonyl (C=O) groups excluding carboxylic acids is 2. The first-order chi connectivity index (χ1) is 15.5. The minimum Gasteiger partial charge on any atom is -0.481 e. The van der Waals surface area contributed by atoms with Crippen LogP contribution in [0, 0.1) is 5.92 Å². The maximum absolute atomic E-state index is 12.1. The van der Waals surface area contributed by atoms with Crippen molar-refractivity contribution < 1.29 is 24.2 Å². The molecule has 2 amide bonds. The zero-order valence-corrected chi connectivity index (χ0v) is 17.6. The highest BCUT2D eigenvalue weighted by Gasteiger charge is 2.33. The van der Waals surface area contributed by atoms with Gasteiger partial charge in [0.2, 0.25) is 5.91 Å². The standard InChI is InChI=1S/C25H26N2O5/c28-23(27-22-12-5-11-20(22)24(29)30)13-6-14-26-25(31)32-15-21-18-9-3-1-7-16(18)17-8-2-4-10-19(17)21/h1-4,6-10,13,20-22H,5,11-12,14-15H2,(H,26,31)(H,27,28)(H,29,30)/b13-6+/t20-,22+/m1/s1. The molecule has 0 heterocycles. The number of alkyl carbamates (subject to hydrolysis) is 1. The fourth-order valence-corrected chi connectivity index (χ4v) is 4.62. The Morgan fingerprint density at radius 3 is 2.31 bits per heavy atom. The fraction of sp³-hybridized carbons (Fsp3) is 0.320. The number of fused-ring (bicyclic) bond motifs is 3. The lowest BCUT2D eigenvalue weighted by molar-refractivity contribution is -0.142. The molecular weight excluding hydrogens is 408 g/mol. The van der Waals surface area contributed by atoms with Gasteiger partial charge < -0.3 is 20.5 Å². The summed E-state index contributed by atoms with van der Waals surface area (Å²) in [5.41, 5.74) is 4.62. The average molecular weight is 434 g/mol. The molecule has 32 heavy (non-hydrogen) atoms. The van der Waals surface area contributed by atoms with Crippen LogP contribution in [0.3, 0.4) is 0 Å². The Balaban J connectivity index is 1.24. The predicted octanol–water partition coefficient (Wildman–Crippen LogP) is 3.45. The minimum absolute atomic E-state index is 0.0111. The smallest absolute Gasteiger partial charge is 0.407 e. The predicted molar refractivity (Wildman–Crippen MR) is 119 cm³/mol. The second kappa shape index (κ2) is 9.68. The number of hydrogen-bond donors (Lipinski definition) is 3. The number of amides is 2. The number of carboxylic acid groups (broad SMARTS) is 1. The lowest BCUT2D eigenvalue weighted by Crippen LogP contribution is -2.39. The van der Waals surface area contributed by atoms with Crippen LogP contribution in [0.25, 0.3) is 11.1 Å². The minimum atomic E-state index is -0.881. The van der Waals surface area contributed by atoms with Crippen LogP contribution < -0.4 is 10.6 Å². The second-order valence-electron chi connectivity index (χ2n) is 8.10. The van der Waals surface area contributed by atoms with Gasteiger partial charge in [-0.15, -0.1) is 0 Å². The summed E-state index contributed by atoms with van der Waals surface area (Å²) in [7, 11) is 0. The molecule has 2 atom stereocenters. The van der Waals surface area contributed by atoms with Gasteiger partial charge in [-0.05, 0) is 35.1 Å². The Hall–Kier alpha value is -3.61. The zero-order chi connectivity index (χ0) is 22.5. The Bertz CT molecular complexity index is 1000. The molecule has 2 aliphatic carbocycles. The average Bonchev–Trinajstić information content (AvgIpc) is 3.38. The van der Waals surface area contributed by atoms with Crippen molar-refractivity contribution in [3.63, 3.8) is 0 Å². The molecule has 0 unspecified atom stereocenters. The Kier molecular flexibility index (Phi) is 6.54. The number of carboxylic acids is 1. The number of benzene rings is 2. The van der Waals surface area contributed by atoms with Gasteiger partial charge in [0.15, 0.2) is 0 Å². The number of carbonyl (C=O) groups is 3. The molecule has 0 aliphatic heterocycles. The topological polar surface area (TPSA) is 105 Å². The first kappa shape index (κ1) is 21.6. The van der Waals surface area contributed by atoms with E-state index >= 15 is 0 Å². The van der Waals surface area contributed by atoms with Crippen LogP contribution in [0.15, 0.2) is 60.7 Å². The molecule has 0 radical (unpaired) electrons. The summed E-state index contributed by atoms with van der Waals surface area (Å²) in [5, 5.41) is 14.5. The highest BCUT2D eigenvalue weighted by molar-refractivity contribution is 5.88. The van der Waals surface area contributed by atoms with Crippen molar-refractivity contribution in [3.8, 4) is 11.1 Å². The molecule has 7 nitrogen and oxygen atoms in total. The highest BCUT2D eigenvalue weighted by Crippen LogP contribution is 2.44. The zero-order valence-electron chi connectivity index (χ0n) is 17.6. The number of aliphatic carboxylic acids is 1. The van der Waals surface area contributed by atoms with E-state index in [-0.39, 0.29) is 31.0 Å². The molecule has 1 fully saturated rings. The first-order valence-corrected chi connectivity index (χ1v) is 10.8. The van der Waals surface area contributed by atoms with E-state index in [0.717, 1.165) is 17.5 Å². The van der Waals surface area contributed by atoms with Crippen LogP contribution in [0.4, 0.5) is 4.79 Å². The molecule has 2 aromatic rings. The molecule has 0 spiro atoms. The maximum Gasteiger partial charge on any atom is 0.407 e. The van der Waals surface area contributed by atoms with Gasteiger partial charge in [-0.25, -0.2) is 4.79 Å². The molecule has 7 heteroatoms. The third-order valence-electron chi connectivity index (χ3n) is 6.14. The SMILES string of the molecule is O=C(/C=C/CNC(=O)OCC1c2ccccc2-c2ccccc21)N[C@H]1CCC[C@H]1C(=O)O. The van der Waals surface area contributed by atoms with Crippen molar-refractivity contribution in [2.75, 3.05) is 13.2 Å². The lowest BCUT2D eigenvalue weighted by Gasteiger charge is -2.16. The highest BCUT2D eigenvalue weighted by atomic mass is 16.5. The monoisotopic (exact) mass is 434 g/mol. The number of rotatable bonds is 7. The van der Waals surface area contributed by atoms with Crippen LogP contribution in [-0.4, -0.2) is 42.3 Å². The van der Waals surface area contributed by atoms with Gasteiger partial charge in [-0.3, -0.25) is 9.59 Å². The van der Waals surface area contributed by atoms with Crippen LogP contribution >= 0.6 is 0 Å². The number of hydrogen-bond acceptors (Lipinski definition) is 4. The second-order valence-corrected chi connectivity index (χ2v) is 8.10.